The van der Waals surface area contributed by atoms with Gasteiger partial charge in [0.15, 0.2) is 11.6 Å². The lowest BCUT2D eigenvalue weighted by Gasteiger charge is -2.17. The molecular formula is C63H39N5. The van der Waals surface area contributed by atoms with Crippen LogP contribution in [0.5, 0.6) is 0 Å². The number of rotatable bonds is 6. The minimum absolute atomic E-state index is 0.546. The van der Waals surface area contributed by atoms with Crippen molar-refractivity contribution in [3.05, 3.63) is 237 Å². The van der Waals surface area contributed by atoms with E-state index in [2.05, 4.69) is 234 Å². The van der Waals surface area contributed by atoms with E-state index in [-0.39, 0.29) is 0 Å². The summed E-state index contributed by atoms with van der Waals surface area (Å²) in [6.45, 7) is 0. The molecule has 316 valence electrons. The molecule has 0 saturated carbocycles. The molecule has 5 heteroatoms. The van der Waals surface area contributed by atoms with Crippen LogP contribution in [0.2, 0.25) is 0 Å². The van der Waals surface area contributed by atoms with Gasteiger partial charge in [0, 0.05) is 38.1 Å². The number of nitrogens with zero attached hydrogens (tertiary/aromatic N) is 5. The molecule has 11 aromatic carbocycles. The van der Waals surface area contributed by atoms with Crippen molar-refractivity contribution >= 4 is 75.9 Å². The van der Waals surface area contributed by atoms with E-state index in [1.165, 1.54) is 37.7 Å². The standard InChI is InChI=1S/C63H39N5/c1-3-18-40(19-4-1)42-22-15-24-44(38-42)61-64-62(45-25-16-23-43(39-45)41-20-5-2-6-21-41)66-63(65-61)68-56-34-14-12-30-50(56)54-37-36-53-49-29-11-13-33-55(49)67(59(53)60(54)68)57-35-17-32-52-48-27-8-7-26-46(48)47-28-9-10-31-51(47)58(52)57/h1-39H. The van der Waals surface area contributed by atoms with Gasteiger partial charge < -0.3 is 4.57 Å². The minimum atomic E-state index is 0.546. The molecule has 0 unspecified atom stereocenters. The van der Waals surface area contributed by atoms with E-state index >= 15 is 0 Å². The van der Waals surface area contributed by atoms with Crippen molar-refractivity contribution < 1.29 is 0 Å². The molecule has 0 bridgehead atoms. The molecule has 3 aromatic heterocycles. The van der Waals surface area contributed by atoms with Gasteiger partial charge in [0.2, 0.25) is 5.95 Å². The molecule has 0 aliphatic heterocycles. The van der Waals surface area contributed by atoms with E-state index in [4.69, 9.17) is 15.0 Å². The first-order valence-electron chi connectivity index (χ1n) is 23.1. The summed E-state index contributed by atoms with van der Waals surface area (Å²) in [6, 6.07) is 84.5. The highest BCUT2D eigenvalue weighted by atomic mass is 15.2. The monoisotopic (exact) mass is 865 g/mol. The van der Waals surface area contributed by atoms with Crippen LogP contribution in [-0.2, 0) is 0 Å². The van der Waals surface area contributed by atoms with Gasteiger partial charge in [-0.05, 0) is 79.5 Å². The third kappa shape index (κ3) is 5.86. The predicted octanol–water partition coefficient (Wildman–Crippen LogP) is 16.2. The van der Waals surface area contributed by atoms with Gasteiger partial charge in [-0.1, -0.05) is 206 Å². The van der Waals surface area contributed by atoms with Crippen molar-refractivity contribution in [2.45, 2.75) is 0 Å². The normalized spacial score (nSPS) is 11.8. The summed E-state index contributed by atoms with van der Waals surface area (Å²) in [5, 5.41) is 11.9. The molecule has 0 aliphatic carbocycles. The molecule has 0 aliphatic rings. The van der Waals surface area contributed by atoms with Gasteiger partial charge in [-0.2, -0.15) is 9.97 Å². The van der Waals surface area contributed by atoms with Crippen LogP contribution in [0, 0.1) is 0 Å². The second-order valence-electron chi connectivity index (χ2n) is 17.5. The maximum atomic E-state index is 5.51. The zero-order chi connectivity index (χ0) is 44.7. The van der Waals surface area contributed by atoms with Crippen LogP contribution in [0.4, 0.5) is 0 Å². The lowest BCUT2D eigenvalue weighted by Crippen LogP contribution is -2.07. The van der Waals surface area contributed by atoms with Gasteiger partial charge in [-0.15, -0.1) is 0 Å². The van der Waals surface area contributed by atoms with Gasteiger partial charge in [0.25, 0.3) is 0 Å². The molecular weight excluding hydrogens is 827 g/mol. The number of benzene rings is 11. The van der Waals surface area contributed by atoms with E-state index in [0.717, 1.165) is 77.3 Å². The third-order valence-corrected chi connectivity index (χ3v) is 13.7. The molecule has 0 N–H and O–H groups in total. The summed E-state index contributed by atoms with van der Waals surface area (Å²) in [5.74, 6) is 1.74. The summed E-state index contributed by atoms with van der Waals surface area (Å²) >= 11 is 0. The number of fused-ring (bicyclic) bond motifs is 13. The molecule has 68 heavy (non-hydrogen) atoms. The highest BCUT2D eigenvalue weighted by molar-refractivity contribution is 6.29. The van der Waals surface area contributed by atoms with Gasteiger partial charge in [-0.3, -0.25) is 4.57 Å². The average Bonchev–Trinajstić information content (AvgIpc) is 3.94. The Morgan fingerprint density at radius 2 is 0.632 bits per heavy atom. The summed E-state index contributed by atoms with van der Waals surface area (Å²) in [6.07, 6.45) is 0. The van der Waals surface area contributed by atoms with Crippen LogP contribution in [0.15, 0.2) is 237 Å². The first-order valence-corrected chi connectivity index (χ1v) is 23.1. The van der Waals surface area contributed by atoms with Gasteiger partial charge in [0.05, 0.1) is 27.8 Å². The molecule has 0 spiro atoms. The number of aromatic nitrogens is 5. The van der Waals surface area contributed by atoms with Crippen molar-refractivity contribution in [3.63, 3.8) is 0 Å². The van der Waals surface area contributed by atoms with Crippen molar-refractivity contribution in [3.8, 4) is 56.7 Å². The SMILES string of the molecule is c1ccc(-c2cccc(-c3nc(-c4cccc(-c5ccccc5)c4)nc(-n4c5ccccc5c5ccc6c7ccccc7n(-c7cccc8c9ccccc9c9ccccc9c78)c6c54)n3)c2)cc1. The molecule has 14 rings (SSSR count). The Morgan fingerprint density at radius 3 is 1.18 bits per heavy atom. The smallest absolute Gasteiger partial charge is 0.238 e. The summed E-state index contributed by atoms with van der Waals surface area (Å²) in [7, 11) is 0. The highest BCUT2D eigenvalue weighted by Crippen LogP contribution is 2.45. The second-order valence-corrected chi connectivity index (χ2v) is 17.5. The van der Waals surface area contributed by atoms with Gasteiger partial charge in [0.1, 0.15) is 0 Å². The Hall–Kier alpha value is -9.19. The molecule has 0 radical (unpaired) electrons. The van der Waals surface area contributed by atoms with Crippen LogP contribution in [0.3, 0.4) is 0 Å². The average molecular weight is 866 g/mol. The maximum Gasteiger partial charge on any atom is 0.238 e. The van der Waals surface area contributed by atoms with E-state index in [9.17, 15) is 0 Å². The summed E-state index contributed by atoms with van der Waals surface area (Å²) < 4.78 is 4.79. The highest BCUT2D eigenvalue weighted by Gasteiger charge is 2.25. The summed E-state index contributed by atoms with van der Waals surface area (Å²) in [4.78, 5) is 16.3. The van der Waals surface area contributed by atoms with Crippen LogP contribution in [0.1, 0.15) is 0 Å². The maximum absolute atomic E-state index is 5.51. The van der Waals surface area contributed by atoms with E-state index < -0.39 is 0 Å². The van der Waals surface area contributed by atoms with Crippen LogP contribution >= 0.6 is 0 Å². The zero-order valence-corrected chi connectivity index (χ0v) is 36.8. The Morgan fingerprint density at radius 1 is 0.250 bits per heavy atom. The number of hydrogen-bond donors (Lipinski definition) is 0. The third-order valence-electron chi connectivity index (χ3n) is 13.7. The topological polar surface area (TPSA) is 48.5 Å². The first-order chi connectivity index (χ1) is 33.7. The number of para-hydroxylation sites is 2. The summed E-state index contributed by atoms with van der Waals surface area (Å²) in [5.41, 5.74) is 11.6. The lowest BCUT2D eigenvalue weighted by atomic mass is 9.93. The molecule has 3 heterocycles. The zero-order valence-electron chi connectivity index (χ0n) is 36.8. The minimum Gasteiger partial charge on any atom is -0.307 e. The van der Waals surface area contributed by atoms with Gasteiger partial charge >= 0.3 is 0 Å². The van der Waals surface area contributed by atoms with Crippen LogP contribution < -0.4 is 0 Å². The predicted molar refractivity (Wildman–Crippen MR) is 283 cm³/mol. The van der Waals surface area contributed by atoms with Crippen molar-refractivity contribution in [1.29, 1.82) is 0 Å². The molecule has 14 aromatic rings. The van der Waals surface area contributed by atoms with E-state index in [1.807, 2.05) is 12.1 Å². The van der Waals surface area contributed by atoms with Crippen LogP contribution in [0.25, 0.3) is 133 Å². The van der Waals surface area contributed by atoms with E-state index in [1.54, 1.807) is 0 Å². The van der Waals surface area contributed by atoms with Crippen molar-refractivity contribution in [1.82, 2.24) is 24.1 Å². The van der Waals surface area contributed by atoms with E-state index in [0.29, 0.717) is 17.6 Å². The second kappa shape index (κ2) is 15.2. The molecule has 0 amide bonds. The van der Waals surface area contributed by atoms with Crippen LogP contribution in [-0.4, -0.2) is 24.1 Å². The Bertz CT molecular complexity index is 4170. The molecule has 5 nitrogen and oxygen atoms in total. The fraction of sp³-hybridized carbons (Fsp3) is 0. The number of hydrogen-bond acceptors (Lipinski definition) is 3. The fourth-order valence-corrected chi connectivity index (χ4v) is 10.7. The molecule has 0 atom stereocenters. The first kappa shape index (κ1) is 38.1. The lowest BCUT2D eigenvalue weighted by molar-refractivity contribution is 0.953. The fourth-order valence-electron chi connectivity index (χ4n) is 10.7. The Balaban J connectivity index is 1.12. The Labute approximate surface area is 391 Å². The van der Waals surface area contributed by atoms with Gasteiger partial charge in [-0.25, -0.2) is 4.98 Å². The molecule has 0 fully saturated rings. The Kier molecular flexibility index (Phi) is 8.52. The van der Waals surface area contributed by atoms with Crippen molar-refractivity contribution in [2.24, 2.45) is 0 Å². The quantitative estimate of drug-likeness (QED) is 0.156. The van der Waals surface area contributed by atoms with Crippen molar-refractivity contribution in [2.75, 3.05) is 0 Å². The molecule has 0 saturated heterocycles. The largest absolute Gasteiger partial charge is 0.307 e.